The normalized spacial score (nSPS) is 23.8. The topological polar surface area (TPSA) is 48.3 Å². The summed E-state index contributed by atoms with van der Waals surface area (Å²) in [6.45, 7) is 2.40. The van der Waals surface area contributed by atoms with E-state index in [1.165, 1.54) is 5.69 Å². The van der Waals surface area contributed by atoms with Crippen molar-refractivity contribution in [2.45, 2.75) is 44.1 Å². The number of rotatable bonds is 3. The summed E-state index contributed by atoms with van der Waals surface area (Å²) in [5, 5.41) is 7.77. The number of nitrogens with zero attached hydrogens (tertiary/aromatic N) is 2. The smallest absolute Gasteiger partial charge is 0.168 e. The Kier molecular flexibility index (Phi) is 3.37. The minimum Gasteiger partial charge on any atom is -0.348 e. The van der Waals surface area contributed by atoms with Gasteiger partial charge in [0.2, 0.25) is 0 Å². The Morgan fingerprint density at radius 1 is 1.39 bits per heavy atom. The Morgan fingerprint density at radius 2 is 2.11 bits per heavy atom. The second-order valence-electron chi connectivity index (χ2n) is 5.21. The molecule has 5 nitrogen and oxygen atoms in total. The molecule has 0 aromatic carbocycles. The lowest BCUT2D eigenvalue weighted by molar-refractivity contribution is -0.179. The summed E-state index contributed by atoms with van der Waals surface area (Å²) in [6.07, 6.45) is 6.11. The molecule has 0 bridgehead atoms. The Hall–Kier alpha value is -0.910. The molecule has 0 unspecified atom stereocenters. The number of ether oxygens (including phenoxy) is 2. The van der Waals surface area contributed by atoms with E-state index in [-0.39, 0.29) is 5.79 Å². The molecule has 2 aliphatic rings. The second-order valence-corrected chi connectivity index (χ2v) is 5.21. The maximum atomic E-state index is 5.74. The molecule has 1 aromatic heterocycles. The van der Waals surface area contributed by atoms with E-state index in [2.05, 4.69) is 16.5 Å². The highest BCUT2D eigenvalue weighted by Gasteiger charge is 2.40. The molecule has 2 fully saturated rings. The molecule has 1 N–H and O–H groups in total. The zero-order valence-corrected chi connectivity index (χ0v) is 10.9. The third kappa shape index (κ3) is 2.43. The SMILES string of the molecule is Cn1nccc1CNC1CCC2(CC1)OCCO2. The predicted octanol–water partition coefficient (Wildman–Crippen LogP) is 1.20. The monoisotopic (exact) mass is 251 g/mol. The van der Waals surface area contributed by atoms with Crippen molar-refractivity contribution in [3.63, 3.8) is 0 Å². The average Bonchev–Trinajstić information content (AvgIpc) is 2.99. The minimum absolute atomic E-state index is 0.245. The van der Waals surface area contributed by atoms with E-state index in [1.807, 2.05) is 17.9 Å². The van der Waals surface area contributed by atoms with Crippen LogP contribution < -0.4 is 5.32 Å². The van der Waals surface area contributed by atoms with Gasteiger partial charge in [-0.3, -0.25) is 4.68 Å². The number of hydrogen-bond donors (Lipinski definition) is 1. The molecule has 100 valence electrons. The van der Waals surface area contributed by atoms with Crippen molar-refractivity contribution >= 4 is 0 Å². The first-order chi connectivity index (χ1) is 8.77. The lowest BCUT2D eigenvalue weighted by Gasteiger charge is -2.35. The van der Waals surface area contributed by atoms with Gasteiger partial charge in [-0.15, -0.1) is 0 Å². The van der Waals surface area contributed by atoms with Crippen LogP contribution in [-0.4, -0.2) is 34.8 Å². The van der Waals surface area contributed by atoms with Gasteiger partial charge in [0, 0.05) is 38.7 Å². The van der Waals surface area contributed by atoms with Crippen LogP contribution in [0.5, 0.6) is 0 Å². The number of aryl methyl sites for hydroxylation is 1. The van der Waals surface area contributed by atoms with Gasteiger partial charge in [-0.1, -0.05) is 0 Å². The van der Waals surface area contributed by atoms with E-state index in [0.29, 0.717) is 6.04 Å². The molecule has 1 saturated carbocycles. The molecule has 18 heavy (non-hydrogen) atoms. The van der Waals surface area contributed by atoms with Gasteiger partial charge in [-0.2, -0.15) is 5.10 Å². The highest BCUT2D eigenvalue weighted by Crippen LogP contribution is 2.35. The summed E-state index contributed by atoms with van der Waals surface area (Å²) in [5.74, 6) is -0.245. The molecule has 0 amide bonds. The van der Waals surface area contributed by atoms with E-state index >= 15 is 0 Å². The first-order valence-electron chi connectivity index (χ1n) is 6.76. The largest absolute Gasteiger partial charge is 0.348 e. The quantitative estimate of drug-likeness (QED) is 0.877. The van der Waals surface area contributed by atoms with Crippen molar-refractivity contribution in [1.82, 2.24) is 15.1 Å². The minimum atomic E-state index is -0.245. The first-order valence-corrected chi connectivity index (χ1v) is 6.76. The van der Waals surface area contributed by atoms with E-state index in [4.69, 9.17) is 9.47 Å². The number of aromatic nitrogens is 2. The summed E-state index contributed by atoms with van der Waals surface area (Å²) < 4.78 is 13.4. The van der Waals surface area contributed by atoms with Crippen molar-refractivity contribution in [2.24, 2.45) is 7.05 Å². The van der Waals surface area contributed by atoms with Gasteiger partial charge in [0.15, 0.2) is 5.79 Å². The fraction of sp³-hybridized carbons (Fsp3) is 0.769. The fourth-order valence-electron chi connectivity index (χ4n) is 2.87. The molecule has 1 aliphatic heterocycles. The van der Waals surface area contributed by atoms with Crippen molar-refractivity contribution in [2.75, 3.05) is 13.2 Å². The van der Waals surface area contributed by atoms with Crippen molar-refractivity contribution in [3.8, 4) is 0 Å². The predicted molar refractivity (Wildman–Crippen MR) is 66.9 cm³/mol. The average molecular weight is 251 g/mol. The van der Waals surface area contributed by atoms with Crippen LogP contribution in [0.4, 0.5) is 0 Å². The van der Waals surface area contributed by atoms with Crippen LogP contribution in [-0.2, 0) is 23.1 Å². The van der Waals surface area contributed by atoms with E-state index in [1.54, 1.807) is 0 Å². The summed E-state index contributed by atoms with van der Waals surface area (Å²) in [4.78, 5) is 0. The van der Waals surface area contributed by atoms with Crippen molar-refractivity contribution in [3.05, 3.63) is 18.0 Å². The van der Waals surface area contributed by atoms with Crippen molar-refractivity contribution < 1.29 is 9.47 Å². The van der Waals surface area contributed by atoms with Crippen LogP contribution in [0, 0.1) is 0 Å². The van der Waals surface area contributed by atoms with Gasteiger partial charge < -0.3 is 14.8 Å². The Balaban J connectivity index is 1.47. The first kappa shape index (κ1) is 12.1. The van der Waals surface area contributed by atoms with Crippen LogP contribution in [0.15, 0.2) is 12.3 Å². The number of hydrogen-bond acceptors (Lipinski definition) is 4. The van der Waals surface area contributed by atoms with Gasteiger partial charge in [-0.25, -0.2) is 0 Å². The molecule has 1 spiro atoms. The molecule has 2 heterocycles. The Bertz CT molecular complexity index is 389. The third-order valence-corrected chi connectivity index (χ3v) is 4.06. The zero-order chi connectivity index (χ0) is 12.4. The third-order valence-electron chi connectivity index (χ3n) is 4.06. The Morgan fingerprint density at radius 3 is 2.72 bits per heavy atom. The molecule has 0 radical (unpaired) electrons. The van der Waals surface area contributed by atoms with Gasteiger partial charge >= 0.3 is 0 Å². The number of nitrogens with one attached hydrogen (secondary N) is 1. The van der Waals surface area contributed by atoms with E-state index in [0.717, 1.165) is 45.4 Å². The van der Waals surface area contributed by atoms with Crippen LogP contribution >= 0.6 is 0 Å². The summed E-state index contributed by atoms with van der Waals surface area (Å²) in [7, 11) is 1.98. The summed E-state index contributed by atoms with van der Waals surface area (Å²) >= 11 is 0. The molecule has 0 atom stereocenters. The maximum Gasteiger partial charge on any atom is 0.168 e. The molecular formula is C13H21N3O2. The highest BCUT2D eigenvalue weighted by molar-refractivity contribution is 5.00. The van der Waals surface area contributed by atoms with E-state index < -0.39 is 0 Å². The molecule has 1 aromatic rings. The van der Waals surface area contributed by atoms with E-state index in [9.17, 15) is 0 Å². The van der Waals surface area contributed by atoms with Crippen LogP contribution in [0.2, 0.25) is 0 Å². The highest BCUT2D eigenvalue weighted by atomic mass is 16.7. The maximum absolute atomic E-state index is 5.74. The summed E-state index contributed by atoms with van der Waals surface area (Å²) in [6, 6.07) is 2.62. The van der Waals surface area contributed by atoms with Gasteiger partial charge in [0.05, 0.1) is 18.9 Å². The Labute approximate surface area is 107 Å². The molecule has 1 aliphatic carbocycles. The second kappa shape index (κ2) is 4.99. The van der Waals surface area contributed by atoms with Gasteiger partial charge in [0.25, 0.3) is 0 Å². The molecular weight excluding hydrogens is 230 g/mol. The van der Waals surface area contributed by atoms with Crippen molar-refractivity contribution in [1.29, 1.82) is 0 Å². The molecule has 5 heteroatoms. The molecule has 3 rings (SSSR count). The lowest BCUT2D eigenvalue weighted by atomic mass is 9.90. The van der Waals surface area contributed by atoms with Crippen LogP contribution in [0.25, 0.3) is 0 Å². The van der Waals surface area contributed by atoms with Crippen LogP contribution in [0.3, 0.4) is 0 Å². The zero-order valence-electron chi connectivity index (χ0n) is 10.9. The molecule has 1 saturated heterocycles. The van der Waals surface area contributed by atoms with Gasteiger partial charge in [0.1, 0.15) is 0 Å². The summed E-state index contributed by atoms with van der Waals surface area (Å²) in [5.41, 5.74) is 1.23. The van der Waals surface area contributed by atoms with Crippen LogP contribution in [0.1, 0.15) is 31.4 Å². The fourth-order valence-corrected chi connectivity index (χ4v) is 2.87. The standard InChI is InChI=1S/C13H21N3O2/c1-16-12(4-7-15-16)10-14-11-2-5-13(6-3-11)17-8-9-18-13/h4,7,11,14H,2-3,5-6,8-10H2,1H3. The lowest BCUT2D eigenvalue weighted by Crippen LogP contribution is -2.41. The van der Waals surface area contributed by atoms with Gasteiger partial charge in [-0.05, 0) is 18.9 Å².